The van der Waals surface area contributed by atoms with E-state index in [0.717, 1.165) is 10.5 Å². The standard InChI is InChI=1S/C15H12BrFO4/c16-10-1-3-11(4-2-10)20-7-8-21-12-5-6-13(15(18)19)14(17)9-12/h1-6,9H,7-8H2,(H,18,19). The fraction of sp³-hybridized carbons (Fsp3) is 0.133. The van der Waals surface area contributed by atoms with Gasteiger partial charge < -0.3 is 14.6 Å². The zero-order valence-corrected chi connectivity index (χ0v) is 12.5. The molecule has 2 rings (SSSR count). The number of carbonyl (C=O) groups is 1. The highest BCUT2D eigenvalue weighted by atomic mass is 79.9. The lowest BCUT2D eigenvalue weighted by Crippen LogP contribution is -2.09. The first-order valence-corrected chi connectivity index (χ1v) is 6.89. The summed E-state index contributed by atoms with van der Waals surface area (Å²) in [6, 6.07) is 11.0. The van der Waals surface area contributed by atoms with Crippen LogP contribution >= 0.6 is 15.9 Å². The van der Waals surface area contributed by atoms with E-state index in [4.69, 9.17) is 14.6 Å². The molecule has 2 aromatic carbocycles. The van der Waals surface area contributed by atoms with Crippen LogP contribution in [0, 0.1) is 5.82 Å². The Morgan fingerprint density at radius 1 is 1.05 bits per heavy atom. The predicted molar refractivity (Wildman–Crippen MR) is 78.5 cm³/mol. The van der Waals surface area contributed by atoms with Gasteiger partial charge in [-0.1, -0.05) is 15.9 Å². The van der Waals surface area contributed by atoms with Crippen LogP contribution in [-0.2, 0) is 0 Å². The molecule has 0 heterocycles. The van der Waals surface area contributed by atoms with Crippen LogP contribution < -0.4 is 9.47 Å². The fourth-order valence-electron chi connectivity index (χ4n) is 1.61. The zero-order valence-electron chi connectivity index (χ0n) is 10.9. The second-order valence-corrected chi connectivity index (χ2v) is 5.01. The first-order valence-electron chi connectivity index (χ1n) is 6.10. The molecule has 1 N–H and O–H groups in total. The van der Waals surface area contributed by atoms with Gasteiger partial charge >= 0.3 is 5.97 Å². The van der Waals surface area contributed by atoms with Gasteiger partial charge in [-0.05, 0) is 36.4 Å². The van der Waals surface area contributed by atoms with E-state index in [-0.39, 0.29) is 17.9 Å². The minimum absolute atomic E-state index is 0.224. The van der Waals surface area contributed by atoms with Crippen molar-refractivity contribution in [2.75, 3.05) is 13.2 Å². The predicted octanol–water partition coefficient (Wildman–Crippen LogP) is 3.74. The van der Waals surface area contributed by atoms with Crippen LogP contribution in [0.2, 0.25) is 0 Å². The molecule has 21 heavy (non-hydrogen) atoms. The SMILES string of the molecule is O=C(O)c1ccc(OCCOc2ccc(Br)cc2)cc1F. The van der Waals surface area contributed by atoms with Gasteiger partial charge in [0, 0.05) is 10.5 Å². The van der Waals surface area contributed by atoms with E-state index in [1.807, 2.05) is 24.3 Å². The van der Waals surface area contributed by atoms with Crippen molar-refractivity contribution in [1.82, 2.24) is 0 Å². The highest BCUT2D eigenvalue weighted by Gasteiger charge is 2.10. The lowest BCUT2D eigenvalue weighted by atomic mass is 10.2. The summed E-state index contributed by atoms with van der Waals surface area (Å²) in [5.74, 6) is -1.17. The normalized spacial score (nSPS) is 10.2. The summed E-state index contributed by atoms with van der Waals surface area (Å²) >= 11 is 3.32. The lowest BCUT2D eigenvalue weighted by Gasteiger charge is -2.09. The molecule has 110 valence electrons. The van der Waals surface area contributed by atoms with Crippen molar-refractivity contribution >= 4 is 21.9 Å². The first kappa shape index (κ1) is 15.3. The molecule has 0 aliphatic rings. The quantitative estimate of drug-likeness (QED) is 0.802. The highest BCUT2D eigenvalue weighted by Crippen LogP contribution is 2.18. The van der Waals surface area contributed by atoms with E-state index >= 15 is 0 Å². The van der Waals surface area contributed by atoms with E-state index < -0.39 is 11.8 Å². The Bertz CT molecular complexity index is 628. The Morgan fingerprint density at radius 2 is 1.62 bits per heavy atom. The molecule has 0 amide bonds. The summed E-state index contributed by atoms with van der Waals surface area (Å²) in [6.45, 7) is 0.520. The molecule has 0 aliphatic heterocycles. The van der Waals surface area contributed by atoms with Crippen molar-refractivity contribution < 1.29 is 23.8 Å². The number of carboxylic acids is 1. The Hall–Kier alpha value is -2.08. The third-order valence-electron chi connectivity index (χ3n) is 2.61. The van der Waals surface area contributed by atoms with Gasteiger partial charge in [0.25, 0.3) is 0 Å². The molecule has 0 aliphatic carbocycles. The van der Waals surface area contributed by atoms with Gasteiger partial charge in [0.2, 0.25) is 0 Å². The van der Waals surface area contributed by atoms with Crippen molar-refractivity contribution in [1.29, 1.82) is 0 Å². The van der Waals surface area contributed by atoms with Crippen LogP contribution in [0.4, 0.5) is 4.39 Å². The van der Waals surface area contributed by atoms with Crippen LogP contribution in [0.3, 0.4) is 0 Å². The van der Waals surface area contributed by atoms with Gasteiger partial charge in [0.1, 0.15) is 30.5 Å². The number of ether oxygens (including phenoxy) is 2. The van der Waals surface area contributed by atoms with Crippen molar-refractivity contribution in [2.24, 2.45) is 0 Å². The molecule has 2 aromatic rings. The summed E-state index contributed by atoms with van der Waals surface area (Å²) in [6.07, 6.45) is 0. The molecule has 0 fully saturated rings. The molecule has 0 atom stereocenters. The van der Waals surface area contributed by atoms with Crippen molar-refractivity contribution in [3.8, 4) is 11.5 Å². The molecular formula is C15H12BrFO4. The maximum absolute atomic E-state index is 13.4. The minimum Gasteiger partial charge on any atom is -0.490 e. The Morgan fingerprint density at radius 3 is 2.19 bits per heavy atom. The van der Waals surface area contributed by atoms with Gasteiger partial charge in [-0.15, -0.1) is 0 Å². The Labute approximate surface area is 129 Å². The molecule has 6 heteroatoms. The molecular weight excluding hydrogens is 343 g/mol. The van der Waals surface area contributed by atoms with Gasteiger partial charge in [-0.25, -0.2) is 9.18 Å². The number of hydrogen-bond acceptors (Lipinski definition) is 3. The largest absolute Gasteiger partial charge is 0.490 e. The van der Waals surface area contributed by atoms with Crippen LogP contribution in [-0.4, -0.2) is 24.3 Å². The highest BCUT2D eigenvalue weighted by molar-refractivity contribution is 9.10. The van der Waals surface area contributed by atoms with E-state index in [9.17, 15) is 9.18 Å². The van der Waals surface area contributed by atoms with Gasteiger partial charge in [0.05, 0.1) is 5.56 Å². The zero-order chi connectivity index (χ0) is 15.2. The number of hydrogen-bond donors (Lipinski definition) is 1. The molecule has 0 radical (unpaired) electrons. The summed E-state index contributed by atoms with van der Waals surface area (Å²) in [7, 11) is 0. The molecule has 0 bridgehead atoms. The second kappa shape index (κ2) is 7.08. The molecule has 0 aromatic heterocycles. The number of benzene rings is 2. The lowest BCUT2D eigenvalue weighted by molar-refractivity contribution is 0.0692. The molecule has 0 unspecified atom stereocenters. The molecule has 0 spiro atoms. The summed E-state index contributed by atoms with van der Waals surface area (Å²) < 4.78 is 25.1. The monoisotopic (exact) mass is 354 g/mol. The van der Waals surface area contributed by atoms with Crippen LogP contribution in [0.5, 0.6) is 11.5 Å². The fourth-order valence-corrected chi connectivity index (χ4v) is 1.87. The number of halogens is 2. The molecule has 4 nitrogen and oxygen atoms in total. The number of aromatic carboxylic acids is 1. The maximum atomic E-state index is 13.4. The van der Waals surface area contributed by atoms with Gasteiger partial charge in [-0.3, -0.25) is 0 Å². The molecule has 0 saturated carbocycles. The summed E-state index contributed by atoms with van der Waals surface area (Å²) in [4.78, 5) is 10.7. The van der Waals surface area contributed by atoms with E-state index in [2.05, 4.69) is 15.9 Å². The first-order chi connectivity index (χ1) is 10.1. The van der Waals surface area contributed by atoms with Crippen molar-refractivity contribution in [2.45, 2.75) is 0 Å². The average molecular weight is 355 g/mol. The third-order valence-corrected chi connectivity index (χ3v) is 3.13. The number of rotatable bonds is 6. The van der Waals surface area contributed by atoms with Crippen molar-refractivity contribution in [3.05, 3.63) is 58.3 Å². The minimum atomic E-state index is -1.31. The summed E-state index contributed by atoms with van der Waals surface area (Å²) in [5, 5.41) is 8.71. The van der Waals surface area contributed by atoms with Crippen LogP contribution in [0.1, 0.15) is 10.4 Å². The van der Waals surface area contributed by atoms with E-state index in [1.165, 1.54) is 12.1 Å². The second-order valence-electron chi connectivity index (χ2n) is 4.10. The smallest absolute Gasteiger partial charge is 0.338 e. The van der Waals surface area contributed by atoms with E-state index in [0.29, 0.717) is 12.4 Å². The number of carboxylic acid groups (broad SMARTS) is 1. The topological polar surface area (TPSA) is 55.8 Å². The maximum Gasteiger partial charge on any atom is 0.338 e. The third kappa shape index (κ3) is 4.46. The molecule has 0 saturated heterocycles. The van der Waals surface area contributed by atoms with Crippen molar-refractivity contribution in [3.63, 3.8) is 0 Å². The van der Waals surface area contributed by atoms with Crippen LogP contribution in [0.15, 0.2) is 46.9 Å². The average Bonchev–Trinajstić information content (AvgIpc) is 2.45. The van der Waals surface area contributed by atoms with E-state index in [1.54, 1.807) is 0 Å². The summed E-state index contributed by atoms with van der Waals surface area (Å²) in [5.41, 5.74) is -0.381. The van der Waals surface area contributed by atoms with Crippen LogP contribution in [0.25, 0.3) is 0 Å². The Balaban J connectivity index is 1.82. The Kier molecular flexibility index (Phi) is 5.16. The van der Waals surface area contributed by atoms with Gasteiger partial charge in [0.15, 0.2) is 0 Å². The van der Waals surface area contributed by atoms with Gasteiger partial charge in [-0.2, -0.15) is 0 Å².